The normalized spacial score (nSPS) is 18.9. The molecule has 0 saturated carbocycles. The standard InChI is InChI=1S/C31H34O8S/c1-20-12-26(39-19-31(34)8-10-40(35,36)11-9-31)13-21(2)30(20)23-5-3-4-22(14-23)17-37-25-6-7-27-24(15-29(32)33)18-38-28(27)16-25/h3-7,12-14,16,24,34H,8-11,15,17-19H2,1-2H3,(H,32,33)/t24-/m1/s1. The van der Waals surface area contributed by atoms with Gasteiger partial charge in [0.2, 0.25) is 0 Å². The lowest BCUT2D eigenvalue weighted by Gasteiger charge is -2.31. The summed E-state index contributed by atoms with van der Waals surface area (Å²) in [4.78, 5) is 11.1. The maximum Gasteiger partial charge on any atom is 0.304 e. The second kappa shape index (κ2) is 11.1. The Kier molecular flexibility index (Phi) is 7.79. The van der Waals surface area contributed by atoms with Crippen molar-refractivity contribution in [2.75, 3.05) is 24.7 Å². The summed E-state index contributed by atoms with van der Waals surface area (Å²) < 4.78 is 41.1. The van der Waals surface area contributed by atoms with Crippen LogP contribution in [0, 0.1) is 13.8 Å². The highest BCUT2D eigenvalue weighted by molar-refractivity contribution is 7.91. The van der Waals surface area contributed by atoms with Gasteiger partial charge in [-0.3, -0.25) is 4.79 Å². The van der Waals surface area contributed by atoms with Crippen LogP contribution < -0.4 is 14.2 Å². The van der Waals surface area contributed by atoms with Crippen LogP contribution >= 0.6 is 0 Å². The van der Waals surface area contributed by atoms with Crippen molar-refractivity contribution in [1.82, 2.24) is 0 Å². The monoisotopic (exact) mass is 566 g/mol. The quantitative estimate of drug-likeness (QED) is 0.379. The van der Waals surface area contributed by atoms with Gasteiger partial charge in [-0.15, -0.1) is 0 Å². The molecule has 2 aliphatic heterocycles. The van der Waals surface area contributed by atoms with Gasteiger partial charge in [0.05, 0.1) is 24.5 Å². The summed E-state index contributed by atoms with van der Waals surface area (Å²) in [6.07, 6.45) is 0.411. The predicted octanol–water partition coefficient (Wildman–Crippen LogP) is 4.82. The van der Waals surface area contributed by atoms with Gasteiger partial charge < -0.3 is 24.4 Å². The number of carbonyl (C=O) groups is 1. The number of aryl methyl sites for hydroxylation is 2. The molecule has 0 aromatic heterocycles. The van der Waals surface area contributed by atoms with Gasteiger partial charge in [-0.25, -0.2) is 8.42 Å². The van der Waals surface area contributed by atoms with E-state index in [0.29, 0.717) is 30.5 Å². The van der Waals surface area contributed by atoms with Crippen LogP contribution in [-0.4, -0.2) is 54.9 Å². The van der Waals surface area contributed by atoms with E-state index in [4.69, 9.17) is 19.3 Å². The Bertz CT molecular complexity index is 1490. The van der Waals surface area contributed by atoms with Gasteiger partial charge in [0.25, 0.3) is 0 Å². The Morgan fingerprint density at radius 2 is 1.73 bits per heavy atom. The molecule has 8 nitrogen and oxygen atoms in total. The molecule has 3 aromatic rings. The molecule has 0 aliphatic carbocycles. The number of fused-ring (bicyclic) bond motifs is 1. The number of aliphatic hydroxyl groups is 1. The lowest BCUT2D eigenvalue weighted by molar-refractivity contribution is -0.137. The molecular formula is C31H34O8S. The first kappa shape index (κ1) is 28.0. The summed E-state index contributed by atoms with van der Waals surface area (Å²) in [6, 6.07) is 17.6. The van der Waals surface area contributed by atoms with E-state index < -0.39 is 21.4 Å². The predicted molar refractivity (Wildman–Crippen MR) is 151 cm³/mol. The van der Waals surface area contributed by atoms with E-state index in [0.717, 1.165) is 33.4 Å². The first-order chi connectivity index (χ1) is 19.0. The number of carboxylic acids is 1. The van der Waals surface area contributed by atoms with Crippen molar-refractivity contribution in [3.05, 3.63) is 76.9 Å². The maximum atomic E-state index is 11.7. The van der Waals surface area contributed by atoms with E-state index in [1.807, 2.05) is 56.3 Å². The molecule has 0 bridgehead atoms. The highest BCUT2D eigenvalue weighted by Crippen LogP contribution is 2.38. The minimum absolute atomic E-state index is 0.0165. The van der Waals surface area contributed by atoms with E-state index in [1.54, 1.807) is 0 Å². The number of benzene rings is 3. The van der Waals surface area contributed by atoms with Crippen LogP contribution in [0.5, 0.6) is 17.2 Å². The van der Waals surface area contributed by atoms with Gasteiger partial charge in [-0.2, -0.15) is 0 Å². The van der Waals surface area contributed by atoms with Crippen molar-refractivity contribution in [2.24, 2.45) is 0 Å². The summed E-state index contributed by atoms with van der Waals surface area (Å²) in [6.45, 7) is 4.81. The average molecular weight is 567 g/mol. The van der Waals surface area contributed by atoms with Gasteiger partial charge >= 0.3 is 5.97 Å². The second-order valence-electron chi connectivity index (χ2n) is 10.9. The number of ether oxygens (including phenoxy) is 3. The zero-order valence-electron chi connectivity index (χ0n) is 22.7. The summed E-state index contributed by atoms with van der Waals surface area (Å²) in [5, 5.41) is 19.9. The van der Waals surface area contributed by atoms with Crippen LogP contribution in [0.2, 0.25) is 0 Å². The smallest absolute Gasteiger partial charge is 0.304 e. The van der Waals surface area contributed by atoms with Crippen LogP contribution in [-0.2, 0) is 21.2 Å². The van der Waals surface area contributed by atoms with Gasteiger partial charge in [0.15, 0.2) is 9.84 Å². The van der Waals surface area contributed by atoms with Crippen LogP contribution in [0.1, 0.15) is 47.4 Å². The van der Waals surface area contributed by atoms with Crippen LogP contribution in [0.4, 0.5) is 0 Å². The van der Waals surface area contributed by atoms with Crippen LogP contribution in [0.25, 0.3) is 11.1 Å². The Hall–Kier alpha value is -3.56. The fraction of sp³-hybridized carbons (Fsp3) is 0.387. The Morgan fingerprint density at radius 1 is 1.00 bits per heavy atom. The molecule has 0 spiro atoms. The third-order valence-electron chi connectivity index (χ3n) is 7.68. The van der Waals surface area contributed by atoms with E-state index in [1.165, 1.54) is 0 Å². The number of hydrogen-bond acceptors (Lipinski definition) is 7. The van der Waals surface area contributed by atoms with Crippen molar-refractivity contribution in [3.63, 3.8) is 0 Å². The molecule has 0 radical (unpaired) electrons. The molecule has 40 heavy (non-hydrogen) atoms. The van der Waals surface area contributed by atoms with Crippen molar-refractivity contribution in [3.8, 4) is 28.4 Å². The SMILES string of the molecule is Cc1cc(OCC2(O)CCS(=O)(=O)CC2)cc(C)c1-c1cccc(COc2ccc3c(c2)OC[C@H]3CC(=O)O)c1. The van der Waals surface area contributed by atoms with E-state index in [-0.39, 0.29) is 43.3 Å². The maximum absolute atomic E-state index is 11.7. The molecule has 212 valence electrons. The molecule has 3 aromatic carbocycles. The Morgan fingerprint density at radius 3 is 2.42 bits per heavy atom. The molecule has 1 saturated heterocycles. The number of carboxylic acid groups (broad SMARTS) is 1. The van der Waals surface area contributed by atoms with Gasteiger partial charge in [0.1, 0.15) is 36.1 Å². The van der Waals surface area contributed by atoms with Gasteiger partial charge in [0, 0.05) is 17.5 Å². The lowest BCUT2D eigenvalue weighted by Crippen LogP contribution is -2.43. The topological polar surface area (TPSA) is 119 Å². The molecular weight excluding hydrogens is 532 g/mol. The highest BCUT2D eigenvalue weighted by Gasteiger charge is 2.36. The Labute approximate surface area is 234 Å². The average Bonchev–Trinajstić information content (AvgIpc) is 3.29. The molecule has 0 unspecified atom stereocenters. The van der Waals surface area contributed by atoms with Crippen molar-refractivity contribution >= 4 is 15.8 Å². The zero-order chi connectivity index (χ0) is 28.5. The number of rotatable bonds is 9. The van der Waals surface area contributed by atoms with Crippen molar-refractivity contribution < 1.29 is 37.6 Å². The molecule has 2 heterocycles. The third kappa shape index (κ3) is 6.42. The summed E-state index contributed by atoms with van der Waals surface area (Å²) in [7, 11) is -3.07. The van der Waals surface area contributed by atoms with Crippen molar-refractivity contribution in [2.45, 2.75) is 51.2 Å². The molecule has 1 atom stereocenters. The van der Waals surface area contributed by atoms with E-state index in [2.05, 4.69) is 12.1 Å². The fourth-order valence-corrected chi connectivity index (χ4v) is 7.04. The van der Waals surface area contributed by atoms with Crippen molar-refractivity contribution in [1.29, 1.82) is 0 Å². The number of hydrogen-bond donors (Lipinski definition) is 2. The molecule has 1 fully saturated rings. The summed E-state index contributed by atoms with van der Waals surface area (Å²) >= 11 is 0. The molecule has 2 N–H and O–H groups in total. The molecule has 9 heteroatoms. The van der Waals surface area contributed by atoms with Gasteiger partial charge in [-0.05, 0) is 78.8 Å². The minimum Gasteiger partial charge on any atom is -0.492 e. The highest BCUT2D eigenvalue weighted by atomic mass is 32.2. The zero-order valence-corrected chi connectivity index (χ0v) is 23.5. The minimum atomic E-state index is -3.07. The summed E-state index contributed by atoms with van der Waals surface area (Å²) in [5.74, 6) is 0.959. The molecule has 0 amide bonds. The summed E-state index contributed by atoms with van der Waals surface area (Å²) in [5.41, 5.74) is 4.95. The number of aliphatic carboxylic acids is 1. The lowest BCUT2D eigenvalue weighted by atomic mass is 9.94. The van der Waals surface area contributed by atoms with E-state index in [9.17, 15) is 18.3 Å². The first-order valence-corrected chi connectivity index (χ1v) is 15.2. The Balaban J connectivity index is 1.24. The van der Waals surface area contributed by atoms with Crippen LogP contribution in [0.15, 0.2) is 54.6 Å². The van der Waals surface area contributed by atoms with Crippen LogP contribution in [0.3, 0.4) is 0 Å². The van der Waals surface area contributed by atoms with E-state index >= 15 is 0 Å². The number of sulfone groups is 1. The first-order valence-electron chi connectivity index (χ1n) is 13.4. The molecule has 5 rings (SSSR count). The largest absolute Gasteiger partial charge is 0.492 e. The fourth-order valence-electron chi connectivity index (χ4n) is 5.45. The molecule has 2 aliphatic rings. The second-order valence-corrected chi connectivity index (χ2v) is 13.2. The third-order valence-corrected chi connectivity index (χ3v) is 9.33. The van der Waals surface area contributed by atoms with Gasteiger partial charge in [-0.1, -0.05) is 24.3 Å².